The largest absolute Gasteiger partial charge is 0.353 e. The van der Waals surface area contributed by atoms with E-state index >= 15 is 0 Å². The lowest BCUT2D eigenvalue weighted by Gasteiger charge is -2.50. The molecule has 1 aliphatic carbocycles. The van der Waals surface area contributed by atoms with Gasteiger partial charge in [-0.25, -0.2) is 0 Å². The molecule has 0 aromatic carbocycles. The second-order valence-electron chi connectivity index (χ2n) is 6.62. The van der Waals surface area contributed by atoms with Crippen LogP contribution >= 0.6 is 0 Å². The third-order valence-electron chi connectivity index (χ3n) is 5.27. The summed E-state index contributed by atoms with van der Waals surface area (Å²) in [4.78, 5) is 2.70. The van der Waals surface area contributed by atoms with Crippen molar-refractivity contribution in [1.29, 1.82) is 0 Å². The van der Waals surface area contributed by atoms with Gasteiger partial charge < -0.3 is 14.8 Å². The van der Waals surface area contributed by atoms with Gasteiger partial charge in [-0.05, 0) is 32.1 Å². The summed E-state index contributed by atoms with van der Waals surface area (Å²) in [6.07, 6.45) is 10.5. The van der Waals surface area contributed by atoms with E-state index < -0.39 is 0 Å². The molecule has 0 radical (unpaired) electrons. The van der Waals surface area contributed by atoms with Crippen molar-refractivity contribution in [1.82, 2.24) is 10.2 Å². The van der Waals surface area contributed by atoms with E-state index in [9.17, 15) is 0 Å². The summed E-state index contributed by atoms with van der Waals surface area (Å²) in [5.74, 6) is 0. The molecule has 3 rings (SSSR count). The summed E-state index contributed by atoms with van der Waals surface area (Å²) in [5.41, 5.74) is 0.424. The maximum atomic E-state index is 5.94. The van der Waals surface area contributed by atoms with E-state index in [0.29, 0.717) is 5.54 Å². The van der Waals surface area contributed by atoms with E-state index in [1.54, 1.807) is 0 Å². The van der Waals surface area contributed by atoms with Crippen LogP contribution in [0.25, 0.3) is 0 Å². The monoisotopic (exact) mass is 282 g/mol. The van der Waals surface area contributed by atoms with Crippen molar-refractivity contribution < 1.29 is 9.47 Å². The summed E-state index contributed by atoms with van der Waals surface area (Å²) in [6.45, 7) is 6.25. The minimum Gasteiger partial charge on any atom is -0.353 e. The highest BCUT2D eigenvalue weighted by Crippen LogP contribution is 2.34. The lowest BCUT2D eigenvalue weighted by Crippen LogP contribution is -2.62. The summed E-state index contributed by atoms with van der Waals surface area (Å²) >= 11 is 0. The van der Waals surface area contributed by atoms with Gasteiger partial charge in [0.25, 0.3) is 0 Å². The van der Waals surface area contributed by atoms with Crippen molar-refractivity contribution in [2.75, 3.05) is 39.4 Å². The molecule has 2 aliphatic heterocycles. The predicted molar refractivity (Wildman–Crippen MR) is 79.8 cm³/mol. The number of rotatable bonds is 4. The van der Waals surface area contributed by atoms with Crippen molar-refractivity contribution in [3.05, 3.63) is 0 Å². The fourth-order valence-corrected chi connectivity index (χ4v) is 4.07. The molecular weight excluding hydrogens is 252 g/mol. The van der Waals surface area contributed by atoms with Crippen LogP contribution in [-0.2, 0) is 9.47 Å². The highest BCUT2D eigenvalue weighted by molar-refractivity contribution is 4.97. The SMILES string of the molecule is C1CCC2(CC1)CNCCN2CCOC1CCCCO1. The van der Waals surface area contributed by atoms with Crippen LogP contribution in [0.3, 0.4) is 0 Å². The molecule has 0 aromatic rings. The van der Waals surface area contributed by atoms with Crippen LogP contribution in [-0.4, -0.2) is 56.1 Å². The molecular formula is C16H30N2O2. The van der Waals surface area contributed by atoms with Gasteiger partial charge in [0.15, 0.2) is 6.29 Å². The van der Waals surface area contributed by atoms with Crippen molar-refractivity contribution >= 4 is 0 Å². The molecule has 4 nitrogen and oxygen atoms in total. The number of hydrogen-bond acceptors (Lipinski definition) is 4. The Hall–Kier alpha value is -0.160. The molecule has 1 atom stereocenters. The molecule has 3 aliphatic rings. The summed E-state index contributed by atoms with van der Waals surface area (Å²) in [6, 6.07) is 0. The standard InChI is InChI=1S/C16H30N2O2/c1-3-7-16(8-4-1)14-17-9-10-18(16)11-13-20-15-6-2-5-12-19-15/h15,17H,1-14H2. The first-order chi connectivity index (χ1) is 9.89. The molecule has 2 heterocycles. The quantitative estimate of drug-likeness (QED) is 0.856. The van der Waals surface area contributed by atoms with Gasteiger partial charge in [0, 0.05) is 38.3 Å². The van der Waals surface area contributed by atoms with Crippen molar-refractivity contribution in [3.8, 4) is 0 Å². The van der Waals surface area contributed by atoms with E-state index in [2.05, 4.69) is 10.2 Å². The zero-order valence-corrected chi connectivity index (χ0v) is 12.7. The van der Waals surface area contributed by atoms with Crippen LogP contribution in [0.1, 0.15) is 51.4 Å². The Morgan fingerprint density at radius 3 is 2.85 bits per heavy atom. The van der Waals surface area contributed by atoms with Crippen LogP contribution in [0.4, 0.5) is 0 Å². The molecule has 1 N–H and O–H groups in total. The lowest BCUT2D eigenvalue weighted by molar-refractivity contribution is -0.167. The highest BCUT2D eigenvalue weighted by atomic mass is 16.7. The second kappa shape index (κ2) is 7.21. The first-order valence-electron chi connectivity index (χ1n) is 8.58. The van der Waals surface area contributed by atoms with Gasteiger partial charge >= 0.3 is 0 Å². The average Bonchev–Trinajstić information content (AvgIpc) is 2.51. The average molecular weight is 282 g/mol. The Labute approximate surface area is 123 Å². The summed E-state index contributed by atoms with van der Waals surface area (Å²) in [5, 5.41) is 3.61. The maximum absolute atomic E-state index is 5.94. The fraction of sp³-hybridized carbons (Fsp3) is 1.00. The molecule has 1 unspecified atom stereocenters. The van der Waals surface area contributed by atoms with Crippen molar-refractivity contribution in [2.24, 2.45) is 0 Å². The molecule has 20 heavy (non-hydrogen) atoms. The molecule has 1 spiro atoms. The number of nitrogens with one attached hydrogen (secondary N) is 1. The summed E-state index contributed by atoms with van der Waals surface area (Å²) < 4.78 is 11.6. The van der Waals surface area contributed by atoms with E-state index in [-0.39, 0.29) is 6.29 Å². The van der Waals surface area contributed by atoms with Gasteiger partial charge in [-0.1, -0.05) is 19.3 Å². The Balaban J connectivity index is 1.46. The normalized spacial score (nSPS) is 31.5. The second-order valence-corrected chi connectivity index (χ2v) is 6.62. The number of ether oxygens (including phenoxy) is 2. The van der Waals surface area contributed by atoms with Crippen LogP contribution in [0.2, 0.25) is 0 Å². The third-order valence-corrected chi connectivity index (χ3v) is 5.27. The smallest absolute Gasteiger partial charge is 0.157 e. The van der Waals surface area contributed by atoms with Crippen LogP contribution in [0, 0.1) is 0 Å². The zero-order chi connectivity index (χ0) is 13.7. The highest BCUT2D eigenvalue weighted by Gasteiger charge is 2.39. The van der Waals surface area contributed by atoms with Crippen molar-refractivity contribution in [3.63, 3.8) is 0 Å². The van der Waals surface area contributed by atoms with E-state index in [1.807, 2.05) is 0 Å². The Kier molecular flexibility index (Phi) is 5.32. The molecule has 116 valence electrons. The lowest BCUT2D eigenvalue weighted by atomic mass is 9.79. The number of piperazine rings is 1. The van der Waals surface area contributed by atoms with Crippen molar-refractivity contribution in [2.45, 2.75) is 63.2 Å². The van der Waals surface area contributed by atoms with Crippen LogP contribution in [0.15, 0.2) is 0 Å². The Morgan fingerprint density at radius 2 is 2.05 bits per heavy atom. The molecule has 2 saturated heterocycles. The molecule has 0 aromatic heterocycles. The van der Waals surface area contributed by atoms with Gasteiger partial charge in [-0.2, -0.15) is 0 Å². The number of hydrogen-bond donors (Lipinski definition) is 1. The maximum Gasteiger partial charge on any atom is 0.157 e. The van der Waals surface area contributed by atoms with Gasteiger partial charge in [0.2, 0.25) is 0 Å². The van der Waals surface area contributed by atoms with Gasteiger partial charge in [-0.3, -0.25) is 4.90 Å². The first kappa shape index (κ1) is 14.8. The first-order valence-corrected chi connectivity index (χ1v) is 8.58. The third kappa shape index (κ3) is 3.53. The zero-order valence-electron chi connectivity index (χ0n) is 12.7. The molecule has 1 saturated carbocycles. The summed E-state index contributed by atoms with van der Waals surface area (Å²) in [7, 11) is 0. The molecule has 3 fully saturated rings. The van der Waals surface area contributed by atoms with Gasteiger partial charge in [0.1, 0.15) is 0 Å². The van der Waals surface area contributed by atoms with E-state index in [0.717, 1.165) is 32.7 Å². The topological polar surface area (TPSA) is 33.7 Å². The minimum absolute atomic E-state index is 0.0639. The van der Waals surface area contributed by atoms with Crippen LogP contribution in [0.5, 0.6) is 0 Å². The molecule has 0 bridgehead atoms. The Morgan fingerprint density at radius 1 is 1.15 bits per heavy atom. The molecule has 0 amide bonds. The fourth-order valence-electron chi connectivity index (χ4n) is 4.07. The minimum atomic E-state index is 0.0639. The van der Waals surface area contributed by atoms with Gasteiger partial charge in [-0.15, -0.1) is 0 Å². The van der Waals surface area contributed by atoms with Crippen LogP contribution < -0.4 is 5.32 Å². The number of nitrogens with zero attached hydrogens (tertiary/aromatic N) is 1. The van der Waals surface area contributed by atoms with E-state index in [4.69, 9.17) is 9.47 Å². The Bertz CT molecular complexity index is 278. The van der Waals surface area contributed by atoms with Gasteiger partial charge in [0.05, 0.1) is 6.61 Å². The predicted octanol–water partition coefficient (Wildman–Crippen LogP) is 2.14. The van der Waals surface area contributed by atoms with E-state index in [1.165, 1.54) is 58.0 Å². The molecule has 4 heteroatoms.